The van der Waals surface area contributed by atoms with Gasteiger partial charge in [-0.1, -0.05) is 57.1 Å². The van der Waals surface area contributed by atoms with Crippen molar-refractivity contribution in [1.82, 2.24) is 0 Å². The van der Waals surface area contributed by atoms with E-state index < -0.39 is 0 Å². The van der Waals surface area contributed by atoms with E-state index in [1.54, 1.807) is 5.57 Å². The van der Waals surface area contributed by atoms with Gasteiger partial charge in [-0.2, -0.15) is 0 Å². The maximum atomic E-state index is 4.21. The zero-order valence-corrected chi connectivity index (χ0v) is 16.3. The van der Waals surface area contributed by atoms with Gasteiger partial charge in [-0.3, -0.25) is 0 Å². The van der Waals surface area contributed by atoms with Crippen LogP contribution in [-0.4, -0.2) is 0 Å². The van der Waals surface area contributed by atoms with E-state index in [9.17, 15) is 0 Å². The molecule has 4 rings (SSSR count). The third kappa shape index (κ3) is 2.95. The summed E-state index contributed by atoms with van der Waals surface area (Å²) in [7, 11) is 0. The van der Waals surface area contributed by atoms with Gasteiger partial charge in [0, 0.05) is 0 Å². The summed E-state index contributed by atoms with van der Waals surface area (Å²) < 4.78 is 0. The minimum atomic E-state index is 0.572. The molecular weight excluding hydrogens is 288 g/mol. The fourth-order valence-corrected chi connectivity index (χ4v) is 6.71. The van der Waals surface area contributed by atoms with Crippen molar-refractivity contribution in [1.29, 1.82) is 0 Å². The summed E-state index contributed by atoms with van der Waals surface area (Å²) in [5.41, 5.74) is 3.71. The van der Waals surface area contributed by atoms with Crippen molar-refractivity contribution in [3.63, 3.8) is 0 Å². The third-order valence-corrected chi connectivity index (χ3v) is 7.78. The molecule has 3 saturated carbocycles. The average molecular weight is 327 g/mol. The molecule has 0 aromatic heterocycles. The molecule has 0 amide bonds. The first-order valence-electron chi connectivity index (χ1n) is 10.6. The maximum absolute atomic E-state index is 4.21. The van der Waals surface area contributed by atoms with Crippen LogP contribution < -0.4 is 0 Å². The predicted octanol–water partition coefficient (Wildman–Crippen LogP) is 7.33. The summed E-state index contributed by atoms with van der Waals surface area (Å²) in [6.07, 6.45) is 17.2. The topological polar surface area (TPSA) is 0 Å². The van der Waals surface area contributed by atoms with Crippen molar-refractivity contribution in [2.24, 2.45) is 35.0 Å². The molecule has 0 aromatic rings. The minimum absolute atomic E-state index is 0.572. The molecule has 0 N–H and O–H groups in total. The molecule has 6 atom stereocenters. The lowest BCUT2D eigenvalue weighted by molar-refractivity contribution is -0.0126. The zero-order valence-electron chi connectivity index (χ0n) is 16.3. The summed E-state index contributed by atoms with van der Waals surface area (Å²) in [6.45, 7) is 15.2. The molecule has 0 spiro atoms. The van der Waals surface area contributed by atoms with E-state index in [1.165, 1.54) is 63.4 Å². The van der Waals surface area contributed by atoms with Crippen LogP contribution in [0.2, 0.25) is 0 Å². The van der Waals surface area contributed by atoms with Crippen LogP contribution in [0.15, 0.2) is 36.5 Å². The van der Waals surface area contributed by atoms with Crippen LogP contribution >= 0.6 is 0 Å². The number of hydrogen-bond donors (Lipinski definition) is 0. The lowest BCUT2D eigenvalue weighted by Crippen LogP contribution is -2.45. The number of fused-ring (bicyclic) bond motifs is 5. The van der Waals surface area contributed by atoms with Gasteiger partial charge in [0.25, 0.3) is 0 Å². The molecule has 4 aliphatic rings. The second kappa shape index (κ2) is 7.22. The van der Waals surface area contributed by atoms with Crippen LogP contribution in [0.1, 0.15) is 78.6 Å². The van der Waals surface area contributed by atoms with Crippen LogP contribution in [0.3, 0.4) is 0 Å². The lowest BCUT2D eigenvalue weighted by atomic mass is 9.51. The van der Waals surface area contributed by atoms with E-state index in [1.807, 2.05) is 0 Å². The molecule has 0 aliphatic heterocycles. The smallest absolute Gasteiger partial charge is 0.0166 e. The van der Waals surface area contributed by atoms with Crippen molar-refractivity contribution >= 4 is 0 Å². The van der Waals surface area contributed by atoms with Crippen LogP contribution in [0.5, 0.6) is 0 Å². The van der Waals surface area contributed by atoms with E-state index in [2.05, 4.69) is 46.1 Å². The summed E-state index contributed by atoms with van der Waals surface area (Å²) in [5, 5.41) is 0. The second-order valence-electron chi connectivity index (χ2n) is 9.17. The van der Waals surface area contributed by atoms with Crippen molar-refractivity contribution < 1.29 is 0 Å². The van der Waals surface area contributed by atoms with Crippen LogP contribution in [0.25, 0.3) is 0 Å². The highest BCUT2D eigenvalue weighted by Gasteiger charge is 2.55. The molecule has 0 nitrogen and oxygen atoms in total. The van der Waals surface area contributed by atoms with Crippen molar-refractivity contribution in [3.8, 4) is 0 Å². The Morgan fingerprint density at radius 3 is 2.54 bits per heavy atom. The Bertz CT molecular complexity index is 510. The van der Waals surface area contributed by atoms with E-state index in [0.717, 1.165) is 29.6 Å². The van der Waals surface area contributed by atoms with E-state index in [0.29, 0.717) is 5.41 Å². The van der Waals surface area contributed by atoms with Gasteiger partial charge in [0.05, 0.1) is 0 Å². The van der Waals surface area contributed by atoms with E-state index in [4.69, 9.17) is 0 Å². The molecular formula is C24H38. The van der Waals surface area contributed by atoms with E-state index in [-0.39, 0.29) is 0 Å². The molecule has 0 radical (unpaired) electrons. The third-order valence-electron chi connectivity index (χ3n) is 7.78. The van der Waals surface area contributed by atoms with Gasteiger partial charge >= 0.3 is 0 Å². The van der Waals surface area contributed by atoms with Gasteiger partial charge < -0.3 is 0 Å². The Hall–Kier alpha value is -0.780. The standard InChI is InChI=1S/C21H30.C3H8/c1-4-16-7-10-20-19-9-6-15-13-14(2)5-8-17(15)18(19)11-12-21(16,20)3;1-3-2/h4,13,16-20H,1-2,5-12H2,3H3;3H2,1-2H3. The molecule has 24 heavy (non-hydrogen) atoms. The summed E-state index contributed by atoms with van der Waals surface area (Å²) in [4.78, 5) is 0. The predicted molar refractivity (Wildman–Crippen MR) is 106 cm³/mol. The normalized spacial score (nSPS) is 43.5. The molecule has 0 bridgehead atoms. The van der Waals surface area contributed by atoms with E-state index >= 15 is 0 Å². The summed E-state index contributed by atoms with van der Waals surface area (Å²) in [6, 6.07) is 0. The molecule has 6 unspecified atom stereocenters. The first-order valence-corrected chi connectivity index (χ1v) is 10.6. The fourth-order valence-electron chi connectivity index (χ4n) is 6.71. The molecule has 0 saturated heterocycles. The van der Waals surface area contributed by atoms with Crippen molar-refractivity contribution in [2.75, 3.05) is 0 Å². The molecule has 0 heterocycles. The Labute approximate surface area is 150 Å². The highest BCUT2D eigenvalue weighted by Crippen LogP contribution is 2.63. The van der Waals surface area contributed by atoms with Crippen LogP contribution in [0.4, 0.5) is 0 Å². The summed E-state index contributed by atoms with van der Waals surface area (Å²) in [5.74, 6) is 4.65. The molecule has 3 fully saturated rings. The van der Waals surface area contributed by atoms with Crippen LogP contribution in [-0.2, 0) is 0 Å². The number of allylic oxidation sites excluding steroid dienone is 4. The van der Waals surface area contributed by atoms with Gasteiger partial charge in [0.2, 0.25) is 0 Å². The fraction of sp³-hybridized carbons (Fsp3) is 0.750. The Balaban J connectivity index is 0.000000526. The number of hydrogen-bond acceptors (Lipinski definition) is 0. The maximum Gasteiger partial charge on any atom is -0.0166 e. The monoisotopic (exact) mass is 326 g/mol. The van der Waals surface area contributed by atoms with Gasteiger partial charge in [-0.05, 0) is 86.4 Å². The molecule has 0 heteroatoms. The lowest BCUT2D eigenvalue weighted by Gasteiger charge is -2.54. The number of rotatable bonds is 1. The van der Waals surface area contributed by atoms with Gasteiger partial charge in [-0.25, -0.2) is 0 Å². The highest BCUT2D eigenvalue weighted by atomic mass is 14.6. The quantitative estimate of drug-likeness (QED) is 0.442. The Morgan fingerprint density at radius 1 is 1.08 bits per heavy atom. The molecule has 134 valence electrons. The first kappa shape index (κ1) is 18.0. The second-order valence-corrected chi connectivity index (χ2v) is 9.17. The van der Waals surface area contributed by atoms with Gasteiger partial charge in [0.1, 0.15) is 0 Å². The molecule has 0 aromatic carbocycles. The van der Waals surface area contributed by atoms with Crippen molar-refractivity contribution in [2.45, 2.75) is 78.6 Å². The van der Waals surface area contributed by atoms with Gasteiger partial charge in [0.15, 0.2) is 0 Å². The van der Waals surface area contributed by atoms with Crippen LogP contribution in [0, 0.1) is 35.0 Å². The average Bonchev–Trinajstić information content (AvgIpc) is 2.91. The highest BCUT2D eigenvalue weighted by molar-refractivity contribution is 5.29. The van der Waals surface area contributed by atoms with Crippen molar-refractivity contribution in [3.05, 3.63) is 36.5 Å². The zero-order chi connectivity index (χ0) is 17.3. The molecule has 4 aliphatic carbocycles. The Morgan fingerprint density at radius 2 is 1.83 bits per heavy atom. The van der Waals surface area contributed by atoms with Gasteiger partial charge in [-0.15, -0.1) is 6.58 Å². The minimum Gasteiger partial charge on any atom is -0.103 e. The largest absolute Gasteiger partial charge is 0.103 e. The summed E-state index contributed by atoms with van der Waals surface area (Å²) >= 11 is 0. The SMILES string of the molecule is C=CC1CCC2C3CCC4=CC(=C)CCC4C3CCC12C.CCC. The first-order chi connectivity index (χ1) is 11.5. The Kier molecular flexibility index (Phi) is 5.42.